The normalized spacial score (nSPS) is 11.6. The summed E-state index contributed by atoms with van der Waals surface area (Å²) < 4.78 is 14.4. The number of carbonyl (C=O) groups excluding carboxylic acids is 3. The van der Waals surface area contributed by atoms with Crippen LogP contribution in [0, 0.1) is 0 Å². The standard InChI is InChI=1S/C26H26N6O5S/c1-36-12-11-30-25(34)22(16-8-9-19-15(13-16)5-4-10-29-19)32(17-6-3-7-18(14-17)37-2)26(35)23-20(27)21(24(28)33)31-38-23/h3-10,13-14,22H,11-12,27H2,1-2H3,(H2,28,33)(H,30,34)/t22-/m0/s1. The first kappa shape index (κ1) is 26.5. The molecule has 4 rings (SSSR count). The van der Waals surface area contributed by atoms with E-state index in [-0.39, 0.29) is 29.4 Å². The summed E-state index contributed by atoms with van der Waals surface area (Å²) in [5.41, 5.74) is 12.7. The van der Waals surface area contributed by atoms with Gasteiger partial charge in [-0.15, -0.1) is 0 Å². The molecule has 1 atom stereocenters. The van der Waals surface area contributed by atoms with E-state index in [1.54, 1.807) is 54.7 Å². The second-order valence-electron chi connectivity index (χ2n) is 8.16. The number of ether oxygens (including phenoxy) is 2. The van der Waals surface area contributed by atoms with Crippen molar-refractivity contribution < 1.29 is 23.9 Å². The molecule has 196 valence electrons. The maximum absolute atomic E-state index is 14.1. The Hall–Kier alpha value is -4.55. The van der Waals surface area contributed by atoms with Gasteiger partial charge in [0, 0.05) is 37.0 Å². The minimum atomic E-state index is -1.14. The summed E-state index contributed by atoms with van der Waals surface area (Å²) in [7, 11) is 3.02. The van der Waals surface area contributed by atoms with Crippen molar-refractivity contribution in [3.05, 3.63) is 76.9 Å². The van der Waals surface area contributed by atoms with E-state index < -0.39 is 23.8 Å². The van der Waals surface area contributed by atoms with Crippen molar-refractivity contribution in [2.45, 2.75) is 6.04 Å². The van der Waals surface area contributed by atoms with Gasteiger partial charge in [0.1, 0.15) is 16.7 Å². The van der Waals surface area contributed by atoms with Crippen LogP contribution in [0.3, 0.4) is 0 Å². The molecule has 11 nitrogen and oxygen atoms in total. The summed E-state index contributed by atoms with van der Waals surface area (Å²) in [5, 5.41) is 3.61. The molecule has 0 saturated carbocycles. The van der Waals surface area contributed by atoms with E-state index in [0.717, 1.165) is 22.4 Å². The first-order valence-electron chi connectivity index (χ1n) is 11.5. The SMILES string of the molecule is COCCNC(=O)[C@H](c1ccc2ncccc2c1)N(C(=O)c1snc(C(N)=O)c1N)c1cccc(OC)c1. The predicted molar refractivity (Wildman–Crippen MR) is 144 cm³/mol. The highest BCUT2D eigenvalue weighted by atomic mass is 32.1. The van der Waals surface area contributed by atoms with Gasteiger partial charge < -0.3 is 26.3 Å². The third-order valence-corrected chi connectivity index (χ3v) is 6.61. The molecule has 3 amide bonds. The number of rotatable bonds is 10. The van der Waals surface area contributed by atoms with Crippen LogP contribution in [0.4, 0.5) is 11.4 Å². The number of nitrogens with one attached hydrogen (secondary N) is 1. The van der Waals surface area contributed by atoms with E-state index in [4.69, 9.17) is 20.9 Å². The highest BCUT2D eigenvalue weighted by molar-refractivity contribution is 7.09. The van der Waals surface area contributed by atoms with Gasteiger partial charge in [-0.3, -0.25) is 24.3 Å². The van der Waals surface area contributed by atoms with Gasteiger partial charge in [-0.05, 0) is 47.4 Å². The van der Waals surface area contributed by atoms with Crippen LogP contribution < -0.4 is 26.4 Å². The van der Waals surface area contributed by atoms with Crippen LogP contribution in [0.1, 0.15) is 31.8 Å². The molecule has 2 heterocycles. The Balaban J connectivity index is 1.91. The molecule has 0 radical (unpaired) electrons. The van der Waals surface area contributed by atoms with Gasteiger partial charge in [0.15, 0.2) is 5.69 Å². The number of nitrogens with two attached hydrogens (primary N) is 2. The number of hydrogen-bond donors (Lipinski definition) is 3. The fourth-order valence-corrected chi connectivity index (χ4v) is 4.68. The first-order valence-corrected chi connectivity index (χ1v) is 12.3. The zero-order valence-electron chi connectivity index (χ0n) is 20.7. The second-order valence-corrected chi connectivity index (χ2v) is 8.93. The molecular weight excluding hydrogens is 508 g/mol. The second kappa shape index (κ2) is 11.7. The maximum atomic E-state index is 14.1. The fourth-order valence-electron chi connectivity index (χ4n) is 3.94. The Morgan fingerprint density at radius 3 is 2.63 bits per heavy atom. The molecule has 0 bridgehead atoms. The summed E-state index contributed by atoms with van der Waals surface area (Å²) in [6.45, 7) is 0.493. The number of carbonyl (C=O) groups is 3. The topological polar surface area (TPSA) is 163 Å². The average Bonchev–Trinajstić information content (AvgIpc) is 3.32. The quantitative estimate of drug-likeness (QED) is 0.261. The highest BCUT2D eigenvalue weighted by Gasteiger charge is 2.36. The van der Waals surface area contributed by atoms with E-state index in [1.165, 1.54) is 19.1 Å². The monoisotopic (exact) mass is 534 g/mol. The van der Waals surface area contributed by atoms with Crippen LogP contribution in [-0.4, -0.2) is 54.5 Å². The van der Waals surface area contributed by atoms with Crippen molar-refractivity contribution in [2.75, 3.05) is 38.0 Å². The van der Waals surface area contributed by atoms with Crippen molar-refractivity contribution in [1.82, 2.24) is 14.7 Å². The van der Waals surface area contributed by atoms with Crippen LogP contribution in [0.5, 0.6) is 5.75 Å². The van der Waals surface area contributed by atoms with E-state index >= 15 is 0 Å². The van der Waals surface area contributed by atoms with E-state index in [2.05, 4.69) is 14.7 Å². The minimum absolute atomic E-state index is 0.0289. The summed E-state index contributed by atoms with van der Waals surface area (Å²) in [4.78, 5) is 45.3. The molecule has 2 aromatic heterocycles. The molecule has 2 aromatic carbocycles. The molecule has 0 spiro atoms. The van der Waals surface area contributed by atoms with Crippen LogP contribution in [0.15, 0.2) is 60.8 Å². The van der Waals surface area contributed by atoms with Crippen LogP contribution >= 0.6 is 11.5 Å². The number of amides is 3. The number of methoxy groups -OCH3 is 2. The van der Waals surface area contributed by atoms with Gasteiger partial charge in [0.2, 0.25) is 5.91 Å². The van der Waals surface area contributed by atoms with Gasteiger partial charge in [0.25, 0.3) is 11.8 Å². The third-order valence-electron chi connectivity index (χ3n) is 5.76. The van der Waals surface area contributed by atoms with Crippen molar-refractivity contribution >= 4 is 51.5 Å². The summed E-state index contributed by atoms with van der Waals surface area (Å²) in [6.07, 6.45) is 1.67. The van der Waals surface area contributed by atoms with Crippen LogP contribution in [0.25, 0.3) is 10.9 Å². The fraction of sp³-hybridized carbons (Fsp3) is 0.192. The van der Waals surface area contributed by atoms with Crippen LogP contribution in [0.2, 0.25) is 0 Å². The molecule has 4 aromatic rings. The molecule has 0 unspecified atom stereocenters. The molecule has 0 aliphatic rings. The molecule has 0 aliphatic heterocycles. The number of aromatic nitrogens is 2. The zero-order valence-corrected chi connectivity index (χ0v) is 21.5. The Morgan fingerprint density at radius 1 is 1.11 bits per heavy atom. The van der Waals surface area contributed by atoms with Gasteiger partial charge in [0.05, 0.1) is 24.9 Å². The minimum Gasteiger partial charge on any atom is -0.497 e. The number of nitrogens with zero attached hydrogens (tertiary/aromatic N) is 3. The Bertz CT molecular complexity index is 1490. The lowest BCUT2D eigenvalue weighted by molar-refractivity contribution is -0.122. The van der Waals surface area contributed by atoms with Gasteiger partial charge >= 0.3 is 0 Å². The van der Waals surface area contributed by atoms with Crippen molar-refractivity contribution in [3.8, 4) is 5.75 Å². The highest BCUT2D eigenvalue weighted by Crippen LogP contribution is 2.35. The maximum Gasteiger partial charge on any atom is 0.273 e. The zero-order chi connectivity index (χ0) is 27.2. The largest absolute Gasteiger partial charge is 0.497 e. The molecule has 5 N–H and O–H groups in total. The van der Waals surface area contributed by atoms with Crippen molar-refractivity contribution in [1.29, 1.82) is 0 Å². The van der Waals surface area contributed by atoms with Crippen LogP contribution in [-0.2, 0) is 9.53 Å². The van der Waals surface area contributed by atoms with E-state index in [9.17, 15) is 14.4 Å². The number of pyridine rings is 1. The Kier molecular flexibility index (Phi) is 8.14. The molecule has 0 aliphatic carbocycles. The number of primary amides is 1. The number of hydrogen-bond acceptors (Lipinski definition) is 9. The van der Waals surface area contributed by atoms with Gasteiger partial charge in [-0.2, -0.15) is 4.37 Å². The first-order chi connectivity index (χ1) is 18.3. The summed E-state index contributed by atoms with van der Waals surface area (Å²) in [6, 6.07) is 14.5. The summed E-state index contributed by atoms with van der Waals surface area (Å²) in [5.74, 6) is -1.49. The number of nitrogen functional groups attached to an aromatic ring is 1. The lowest BCUT2D eigenvalue weighted by atomic mass is 10.00. The smallest absolute Gasteiger partial charge is 0.273 e. The molecule has 12 heteroatoms. The molecular formula is C26H26N6O5S. The predicted octanol–water partition coefficient (Wildman–Crippen LogP) is 2.53. The number of fused-ring (bicyclic) bond motifs is 1. The molecule has 0 saturated heterocycles. The van der Waals surface area contributed by atoms with Gasteiger partial charge in [-0.25, -0.2) is 0 Å². The van der Waals surface area contributed by atoms with Crippen molar-refractivity contribution in [2.24, 2.45) is 5.73 Å². The number of anilines is 2. The number of benzene rings is 2. The van der Waals surface area contributed by atoms with E-state index in [0.29, 0.717) is 17.0 Å². The Morgan fingerprint density at radius 2 is 1.92 bits per heavy atom. The van der Waals surface area contributed by atoms with Crippen molar-refractivity contribution in [3.63, 3.8) is 0 Å². The average molecular weight is 535 g/mol. The molecule has 38 heavy (non-hydrogen) atoms. The lowest BCUT2D eigenvalue weighted by Crippen LogP contribution is -2.44. The van der Waals surface area contributed by atoms with Gasteiger partial charge in [-0.1, -0.05) is 18.2 Å². The van der Waals surface area contributed by atoms with E-state index in [1.807, 2.05) is 6.07 Å². The third kappa shape index (κ3) is 5.41. The lowest BCUT2D eigenvalue weighted by Gasteiger charge is -2.31. The summed E-state index contributed by atoms with van der Waals surface area (Å²) >= 11 is 0.734. The molecule has 0 fully saturated rings. The Labute approximate surface area is 222 Å².